The molecule has 42 heavy (non-hydrogen) atoms. The van der Waals surface area contributed by atoms with Crippen LogP contribution in [0.1, 0.15) is 11.1 Å². The third kappa shape index (κ3) is 6.43. The number of fused-ring (bicyclic) bond motifs is 1. The normalized spacial score (nSPS) is 11.7. The Morgan fingerprint density at radius 3 is 2.00 bits per heavy atom. The number of furan rings is 1. The molecule has 0 bridgehead atoms. The molecule has 10 heteroatoms. The highest BCUT2D eigenvalue weighted by atomic mass is 16.6. The van der Waals surface area contributed by atoms with E-state index in [1.165, 1.54) is 27.4 Å². The third-order valence-corrected chi connectivity index (χ3v) is 6.56. The molecule has 0 aliphatic carbocycles. The van der Waals surface area contributed by atoms with E-state index >= 15 is 0 Å². The molecule has 10 nitrogen and oxygen atoms in total. The highest BCUT2D eigenvalue weighted by Crippen LogP contribution is 2.39. The Hall–Kier alpha value is -5.12. The van der Waals surface area contributed by atoms with Gasteiger partial charge in [0.15, 0.2) is 34.3 Å². The van der Waals surface area contributed by atoms with Crippen molar-refractivity contribution >= 4 is 29.0 Å². The second-order valence-corrected chi connectivity index (χ2v) is 8.96. The van der Waals surface area contributed by atoms with E-state index in [2.05, 4.69) is 0 Å². The van der Waals surface area contributed by atoms with Crippen molar-refractivity contribution < 1.29 is 47.2 Å². The van der Waals surface area contributed by atoms with Crippen LogP contribution >= 0.6 is 0 Å². The van der Waals surface area contributed by atoms with E-state index in [0.717, 1.165) is 5.56 Å². The zero-order valence-corrected chi connectivity index (χ0v) is 24.2. The van der Waals surface area contributed by atoms with Gasteiger partial charge in [-0.15, -0.1) is 0 Å². The number of carbonyl (C=O) groups is 2. The third-order valence-electron chi connectivity index (χ3n) is 6.56. The first-order chi connectivity index (χ1) is 20.3. The number of esters is 2. The zero-order chi connectivity index (χ0) is 30.2. The number of carbonyl (C=O) groups excluding carboxylic acids is 2. The molecule has 0 radical (unpaired) electrons. The number of benzene rings is 3. The van der Waals surface area contributed by atoms with Crippen LogP contribution in [0.3, 0.4) is 0 Å². The number of hydrogen-bond donors (Lipinski definition) is 0. The topological polar surface area (TPSA) is 112 Å². The molecule has 1 atom stereocenters. The quantitative estimate of drug-likeness (QED) is 0.159. The van der Waals surface area contributed by atoms with Gasteiger partial charge in [-0.1, -0.05) is 12.1 Å². The summed E-state index contributed by atoms with van der Waals surface area (Å²) in [5, 5.41) is 0.707. The molecule has 0 amide bonds. The molecule has 220 valence electrons. The molecule has 0 saturated carbocycles. The maximum atomic E-state index is 12.8. The van der Waals surface area contributed by atoms with Gasteiger partial charge in [0, 0.05) is 23.4 Å². The minimum Gasteiger partial charge on any atom is -0.493 e. The van der Waals surface area contributed by atoms with Crippen LogP contribution in [-0.2, 0) is 25.5 Å². The Morgan fingerprint density at radius 1 is 0.738 bits per heavy atom. The van der Waals surface area contributed by atoms with Crippen LogP contribution in [0.25, 0.3) is 28.4 Å². The van der Waals surface area contributed by atoms with Crippen LogP contribution in [0.15, 0.2) is 65.1 Å². The fraction of sp³-hybridized carbons (Fsp3) is 0.250. The van der Waals surface area contributed by atoms with Crippen LogP contribution in [0.2, 0.25) is 0 Å². The largest absolute Gasteiger partial charge is 0.493 e. The molecule has 0 saturated heterocycles. The number of methoxy groups -OCH3 is 6. The number of rotatable bonds is 12. The summed E-state index contributed by atoms with van der Waals surface area (Å²) in [5.74, 6) is 1.85. The summed E-state index contributed by atoms with van der Waals surface area (Å²) in [4.78, 5) is 25.3. The van der Waals surface area contributed by atoms with Crippen LogP contribution < -0.4 is 23.7 Å². The Balaban J connectivity index is 1.59. The van der Waals surface area contributed by atoms with E-state index in [-0.39, 0.29) is 6.42 Å². The number of hydrogen-bond acceptors (Lipinski definition) is 10. The van der Waals surface area contributed by atoms with Crippen molar-refractivity contribution in [1.29, 1.82) is 0 Å². The summed E-state index contributed by atoms with van der Waals surface area (Å²) >= 11 is 0. The van der Waals surface area contributed by atoms with Gasteiger partial charge in [-0.3, -0.25) is 0 Å². The molecule has 0 unspecified atom stereocenters. The summed E-state index contributed by atoms with van der Waals surface area (Å²) in [5.41, 5.74) is 2.63. The van der Waals surface area contributed by atoms with Crippen LogP contribution in [0.4, 0.5) is 0 Å². The summed E-state index contributed by atoms with van der Waals surface area (Å²) in [7, 11) is 8.94. The average Bonchev–Trinajstić information content (AvgIpc) is 3.48. The predicted molar refractivity (Wildman–Crippen MR) is 155 cm³/mol. The molecule has 0 aliphatic heterocycles. The maximum absolute atomic E-state index is 12.8. The van der Waals surface area contributed by atoms with Crippen molar-refractivity contribution in [3.05, 3.63) is 71.8 Å². The summed E-state index contributed by atoms with van der Waals surface area (Å²) < 4.78 is 43.4. The van der Waals surface area contributed by atoms with E-state index < -0.39 is 18.0 Å². The number of ether oxygens (including phenoxy) is 7. The molecule has 1 aromatic heterocycles. The van der Waals surface area contributed by atoms with Crippen molar-refractivity contribution in [2.45, 2.75) is 12.5 Å². The molecular weight excluding hydrogens is 544 g/mol. The van der Waals surface area contributed by atoms with Crippen LogP contribution in [-0.4, -0.2) is 60.7 Å². The SMILES string of the molecule is COC(=O)[C@@H](Cc1ccc(OC)c(OC)c1)OC(=O)/C=C/c1ccc(OC)c2oc(-c3ccc(OC)c(OC)c3)cc12. The van der Waals surface area contributed by atoms with E-state index in [1.807, 2.05) is 12.1 Å². The fourth-order valence-electron chi connectivity index (χ4n) is 4.42. The lowest BCUT2D eigenvalue weighted by atomic mass is 10.1. The second-order valence-electron chi connectivity index (χ2n) is 8.96. The van der Waals surface area contributed by atoms with Gasteiger partial charge in [0.05, 0.1) is 42.7 Å². The van der Waals surface area contributed by atoms with Gasteiger partial charge in [0.25, 0.3) is 0 Å². The van der Waals surface area contributed by atoms with E-state index in [9.17, 15) is 9.59 Å². The van der Waals surface area contributed by atoms with E-state index in [0.29, 0.717) is 56.6 Å². The van der Waals surface area contributed by atoms with Gasteiger partial charge in [-0.25, -0.2) is 9.59 Å². The van der Waals surface area contributed by atoms with Gasteiger partial charge in [0.1, 0.15) is 5.76 Å². The van der Waals surface area contributed by atoms with Crippen molar-refractivity contribution in [3.63, 3.8) is 0 Å². The Labute approximate surface area is 243 Å². The second kappa shape index (κ2) is 13.5. The van der Waals surface area contributed by atoms with Crippen molar-refractivity contribution in [3.8, 4) is 40.1 Å². The zero-order valence-electron chi connectivity index (χ0n) is 24.2. The van der Waals surface area contributed by atoms with Crippen LogP contribution in [0, 0.1) is 0 Å². The highest BCUT2D eigenvalue weighted by molar-refractivity contribution is 5.97. The summed E-state index contributed by atoms with van der Waals surface area (Å²) in [6.45, 7) is 0. The molecule has 1 heterocycles. The fourth-order valence-corrected chi connectivity index (χ4v) is 4.42. The van der Waals surface area contributed by atoms with Crippen molar-refractivity contribution in [2.24, 2.45) is 0 Å². The molecule has 3 aromatic carbocycles. The summed E-state index contributed by atoms with van der Waals surface area (Å²) in [6, 6.07) is 16.0. The minimum absolute atomic E-state index is 0.0792. The summed E-state index contributed by atoms with van der Waals surface area (Å²) in [6.07, 6.45) is 1.74. The first-order valence-corrected chi connectivity index (χ1v) is 12.9. The first kappa shape index (κ1) is 29.9. The smallest absolute Gasteiger partial charge is 0.347 e. The van der Waals surface area contributed by atoms with E-state index in [4.69, 9.17) is 37.6 Å². The minimum atomic E-state index is -1.17. The van der Waals surface area contributed by atoms with Crippen molar-refractivity contribution in [1.82, 2.24) is 0 Å². The van der Waals surface area contributed by atoms with E-state index in [1.54, 1.807) is 69.9 Å². The Morgan fingerprint density at radius 2 is 1.36 bits per heavy atom. The lowest BCUT2D eigenvalue weighted by Gasteiger charge is -2.16. The molecule has 4 rings (SSSR count). The van der Waals surface area contributed by atoms with Gasteiger partial charge in [0.2, 0.25) is 6.10 Å². The molecular formula is C32H32O10. The molecule has 0 fully saturated rings. The Bertz CT molecular complexity index is 1600. The predicted octanol–water partition coefficient (Wildman–Crippen LogP) is 5.48. The van der Waals surface area contributed by atoms with Crippen LogP contribution in [0.5, 0.6) is 28.7 Å². The van der Waals surface area contributed by atoms with Crippen molar-refractivity contribution in [2.75, 3.05) is 42.7 Å². The lowest BCUT2D eigenvalue weighted by Crippen LogP contribution is -2.30. The lowest BCUT2D eigenvalue weighted by molar-refractivity contribution is -0.162. The molecule has 0 spiro atoms. The monoisotopic (exact) mass is 576 g/mol. The first-order valence-electron chi connectivity index (χ1n) is 12.9. The molecule has 4 aromatic rings. The standard InChI is InChI=1S/C32H32O10/c1-35-23-11-7-19(15-27(23)38-4)16-29(32(34)40-6)41-30(33)14-10-20-8-13-25(37-3)31-22(20)18-26(42-31)21-9-12-24(36-2)28(17-21)39-5/h7-15,17-18,29H,16H2,1-6H3/b14-10+/t29-/m1/s1. The highest BCUT2D eigenvalue weighted by Gasteiger charge is 2.24. The Kier molecular flexibility index (Phi) is 9.59. The molecule has 0 N–H and O–H groups in total. The van der Waals surface area contributed by atoms with Gasteiger partial charge < -0.3 is 37.6 Å². The van der Waals surface area contributed by atoms with Gasteiger partial charge in [-0.2, -0.15) is 0 Å². The molecule has 0 aliphatic rings. The van der Waals surface area contributed by atoms with Gasteiger partial charge in [-0.05, 0) is 59.7 Å². The average molecular weight is 577 g/mol. The maximum Gasteiger partial charge on any atom is 0.347 e. The van der Waals surface area contributed by atoms with Gasteiger partial charge >= 0.3 is 11.9 Å².